The predicted octanol–water partition coefficient (Wildman–Crippen LogP) is 1.60. The molecule has 0 aliphatic heterocycles. The lowest BCUT2D eigenvalue weighted by Crippen LogP contribution is -2.30. The molecule has 0 aliphatic carbocycles. The van der Waals surface area contributed by atoms with Crippen molar-refractivity contribution < 1.29 is 4.79 Å². The largest absolute Gasteiger partial charge is 0.354 e. The van der Waals surface area contributed by atoms with Crippen LogP contribution in [-0.2, 0) is 11.2 Å². The molecule has 0 saturated heterocycles. The maximum Gasteiger partial charge on any atom is 0.220 e. The number of nitrogens with one attached hydrogen (secondary N) is 1. The second-order valence-corrected chi connectivity index (χ2v) is 3.92. The molecule has 1 amide bonds. The van der Waals surface area contributed by atoms with Gasteiger partial charge in [-0.05, 0) is 20.3 Å². The lowest BCUT2D eigenvalue weighted by atomic mass is 10.2. The first kappa shape index (κ1) is 10.2. The van der Waals surface area contributed by atoms with Crippen LogP contribution in [0, 0.1) is 0 Å². The summed E-state index contributed by atoms with van der Waals surface area (Å²) in [5.74, 6) is 0.100. The molecule has 0 fully saturated rings. The minimum Gasteiger partial charge on any atom is -0.354 e. The molecule has 72 valence electrons. The number of nitrogens with zero attached hydrogens (tertiary/aromatic N) is 1. The third-order valence-electron chi connectivity index (χ3n) is 1.54. The van der Waals surface area contributed by atoms with Crippen LogP contribution in [0.3, 0.4) is 0 Å². The number of aryl methyl sites for hydroxylation is 1. The summed E-state index contributed by atoms with van der Waals surface area (Å²) >= 11 is 1.56. The summed E-state index contributed by atoms with van der Waals surface area (Å²) < 4.78 is 0. The van der Waals surface area contributed by atoms with Gasteiger partial charge >= 0.3 is 0 Å². The van der Waals surface area contributed by atoms with Gasteiger partial charge in [0.2, 0.25) is 5.91 Å². The van der Waals surface area contributed by atoms with Crippen LogP contribution in [0.15, 0.2) is 10.9 Å². The third-order valence-corrected chi connectivity index (χ3v) is 2.18. The second kappa shape index (κ2) is 4.97. The Bertz CT molecular complexity index is 257. The average molecular weight is 198 g/mol. The van der Waals surface area contributed by atoms with Gasteiger partial charge in [0.05, 0.1) is 11.2 Å². The van der Waals surface area contributed by atoms with Crippen LogP contribution >= 0.6 is 11.3 Å². The number of carbonyl (C=O) groups is 1. The van der Waals surface area contributed by atoms with E-state index in [0.29, 0.717) is 6.42 Å². The van der Waals surface area contributed by atoms with Crippen molar-refractivity contribution in [2.75, 3.05) is 0 Å². The van der Waals surface area contributed by atoms with E-state index in [9.17, 15) is 4.79 Å². The van der Waals surface area contributed by atoms with E-state index >= 15 is 0 Å². The van der Waals surface area contributed by atoms with Crippen molar-refractivity contribution in [3.8, 4) is 0 Å². The Balaban J connectivity index is 2.23. The molecule has 0 aliphatic rings. The van der Waals surface area contributed by atoms with E-state index < -0.39 is 0 Å². The predicted molar refractivity (Wildman–Crippen MR) is 53.7 cm³/mol. The average Bonchev–Trinajstić information content (AvgIpc) is 2.51. The summed E-state index contributed by atoms with van der Waals surface area (Å²) in [6.45, 7) is 3.92. The highest BCUT2D eigenvalue weighted by Crippen LogP contribution is 2.03. The van der Waals surface area contributed by atoms with Gasteiger partial charge in [-0.2, -0.15) is 0 Å². The molecule has 1 N–H and O–H groups in total. The molecule has 1 aromatic heterocycles. The number of hydrogen-bond acceptors (Lipinski definition) is 3. The highest BCUT2D eigenvalue weighted by molar-refractivity contribution is 7.07. The van der Waals surface area contributed by atoms with Crippen molar-refractivity contribution in [1.29, 1.82) is 0 Å². The molecule has 0 bridgehead atoms. The summed E-state index contributed by atoms with van der Waals surface area (Å²) in [5, 5.41) is 4.82. The Morgan fingerprint density at radius 3 is 3.00 bits per heavy atom. The zero-order valence-electron chi connectivity index (χ0n) is 7.91. The normalized spacial score (nSPS) is 10.4. The van der Waals surface area contributed by atoms with Crippen LogP contribution in [0.2, 0.25) is 0 Å². The molecular formula is C9H14N2OS. The maximum absolute atomic E-state index is 11.2. The Hall–Kier alpha value is -0.900. The second-order valence-electron chi connectivity index (χ2n) is 3.20. The summed E-state index contributed by atoms with van der Waals surface area (Å²) in [7, 11) is 0. The van der Waals surface area contributed by atoms with Crippen LogP contribution in [-0.4, -0.2) is 16.9 Å². The van der Waals surface area contributed by atoms with E-state index in [0.717, 1.165) is 12.1 Å². The Morgan fingerprint density at radius 1 is 1.69 bits per heavy atom. The van der Waals surface area contributed by atoms with Gasteiger partial charge in [0.1, 0.15) is 0 Å². The molecule has 13 heavy (non-hydrogen) atoms. The van der Waals surface area contributed by atoms with Crippen molar-refractivity contribution in [3.05, 3.63) is 16.6 Å². The van der Waals surface area contributed by atoms with Crippen molar-refractivity contribution in [2.45, 2.75) is 32.7 Å². The summed E-state index contributed by atoms with van der Waals surface area (Å²) in [6, 6.07) is 0.225. The van der Waals surface area contributed by atoms with Gasteiger partial charge in [0.25, 0.3) is 0 Å². The molecule has 0 aromatic carbocycles. The number of aromatic nitrogens is 1. The van der Waals surface area contributed by atoms with Gasteiger partial charge < -0.3 is 5.32 Å². The molecule has 0 unspecified atom stereocenters. The minimum atomic E-state index is 0.100. The number of rotatable bonds is 4. The van der Waals surface area contributed by atoms with Gasteiger partial charge in [-0.1, -0.05) is 0 Å². The molecule has 0 saturated carbocycles. The van der Waals surface area contributed by atoms with Gasteiger partial charge in [0, 0.05) is 17.8 Å². The van der Waals surface area contributed by atoms with Crippen LogP contribution in [0.5, 0.6) is 0 Å². The molecule has 1 rings (SSSR count). The number of carbonyl (C=O) groups excluding carboxylic acids is 1. The zero-order chi connectivity index (χ0) is 9.68. The lowest BCUT2D eigenvalue weighted by Gasteiger charge is -2.06. The van der Waals surface area contributed by atoms with Crippen molar-refractivity contribution in [3.63, 3.8) is 0 Å². The minimum absolute atomic E-state index is 0.100. The van der Waals surface area contributed by atoms with Crippen LogP contribution in [0.1, 0.15) is 26.0 Å². The van der Waals surface area contributed by atoms with E-state index in [1.807, 2.05) is 19.2 Å². The smallest absolute Gasteiger partial charge is 0.220 e. The fraction of sp³-hybridized carbons (Fsp3) is 0.556. The molecule has 3 nitrogen and oxygen atoms in total. The fourth-order valence-corrected chi connectivity index (χ4v) is 1.59. The third kappa shape index (κ3) is 4.03. The first-order valence-electron chi connectivity index (χ1n) is 4.35. The van der Waals surface area contributed by atoms with E-state index in [1.54, 1.807) is 16.8 Å². The Labute approximate surface area is 82.2 Å². The SMILES string of the molecule is CC(C)NC(=O)CCc1cscn1. The first-order chi connectivity index (χ1) is 6.18. The van der Waals surface area contributed by atoms with Gasteiger partial charge in [0.15, 0.2) is 0 Å². The van der Waals surface area contributed by atoms with Crippen molar-refractivity contribution in [2.24, 2.45) is 0 Å². The van der Waals surface area contributed by atoms with Gasteiger partial charge in [-0.3, -0.25) is 4.79 Å². The molecule has 0 spiro atoms. The number of thiazole rings is 1. The maximum atomic E-state index is 11.2. The highest BCUT2D eigenvalue weighted by Gasteiger charge is 2.04. The molecular weight excluding hydrogens is 184 g/mol. The monoisotopic (exact) mass is 198 g/mol. The highest BCUT2D eigenvalue weighted by atomic mass is 32.1. The van der Waals surface area contributed by atoms with E-state index in [1.165, 1.54) is 0 Å². The van der Waals surface area contributed by atoms with Gasteiger partial charge in [-0.15, -0.1) is 11.3 Å². The number of amides is 1. The molecule has 0 atom stereocenters. The Morgan fingerprint density at radius 2 is 2.46 bits per heavy atom. The fourth-order valence-electron chi connectivity index (χ4n) is 0.997. The van der Waals surface area contributed by atoms with Crippen LogP contribution in [0.25, 0.3) is 0 Å². The molecule has 4 heteroatoms. The Kier molecular flexibility index (Phi) is 3.89. The molecule has 0 radical (unpaired) electrons. The zero-order valence-corrected chi connectivity index (χ0v) is 8.73. The standard InChI is InChI=1S/C9H14N2OS/c1-7(2)11-9(12)4-3-8-5-13-6-10-8/h5-7H,3-4H2,1-2H3,(H,11,12). The number of hydrogen-bond donors (Lipinski definition) is 1. The van der Waals surface area contributed by atoms with Gasteiger partial charge in [-0.25, -0.2) is 4.98 Å². The summed E-state index contributed by atoms with van der Waals surface area (Å²) in [6.07, 6.45) is 1.27. The van der Waals surface area contributed by atoms with Crippen LogP contribution < -0.4 is 5.32 Å². The van der Waals surface area contributed by atoms with E-state index in [4.69, 9.17) is 0 Å². The van der Waals surface area contributed by atoms with Crippen molar-refractivity contribution in [1.82, 2.24) is 10.3 Å². The summed E-state index contributed by atoms with van der Waals surface area (Å²) in [5.41, 5.74) is 2.79. The van der Waals surface area contributed by atoms with E-state index in [-0.39, 0.29) is 11.9 Å². The lowest BCUT2D eigenvalue weighted by molar-refractivity contribution is -0.121. The first-order valence-corrected chi connectivity index (χ1v) is 5.29. The van der Waals surface area contributed by atoms with Crippen molar-refractivity contribution >= 4 is 17.2 Å². The molecule has 1 aromatic rings. The topological polar surface area (TPSA) is 42.0 Å². The van der Waals surface area contributed by atoms with Crippen LogP contribution in [0.4, 0.5) is 0 Å². The quantitative estimate of drug-likeness (QED) is 0.798. The summed E-state index contributed by atoms with van der Waals surface area (Å²) in [4.78, 5) is 15.3. The van der Waals surface area contributed by atoms with E-state index in [2.05, 4.69) is 10.3 Å². The molecule has 1 heterocycles.